The van der Waals surface area contributed by atoms with Gasteiger partial charge in [0.15, 0.2) is 0 Å². The lowest BCUT2D eigenvalue weighted by atomic mass is 9.95. The van der Waals surface area contributed by atoms with Gasteiger partial charge in [-0.2, -0.15) is 0 Å². The van der Waals surface area contributed by atoms with Gasteiger partial charge in [-0.05, 0) is 91.4 Å². The van der Waals surface area contributed by atoms with Crippen molar-refractivity contribution in [3.63, 3.8) is 0 Å². The molecule has 118 valence electrons. The molecule has 2 rings (SSSR count). The second-order valence-electron chi connectivity index (χ2n) is 7.69. The first-order valence-corrected chi connectivity index (χ1v) is 8.62. The normalized spacial score (nSPS) is 26.2. The van der Waals surface area contributed by atoms with E-state index < -0.39 is 0 Å². The Labute approximate surface area is 125 Å². The molecule has 0 aliphatic carbocycles. The minimum Gasteiger partial charge on any atom is -0.378 e. The molecule has 2 fully saturated rings. The third-order valence-corrected chi connectivity index (χ3v) is 4.65. The molecule has 0 spiro atoms. The van der Waals surface area contributed by atoms with Gasteiger partial charge in [-0.3, -0.25) is 0 Å². The fourth-order valence-corrected chi connectivity index (χ4v) is 3.28. The van der Waals surface area contributed by atoms with E-state index in [0.717, 1.165) is 12.5 Å². The largest absolute Gasteiger partial charge is 0.378 e. The van der Waals surface area contributed by atoms with Gasteiger partial charge in [0.25, 0.3) is 0 Å². The summed E-state index contributed by atoms with van der Waals surface area (Å²) in [6.07, 6.45) is 8.45. The first kappa shape index (κ1) is 16.3. The highest BCUT2D eigenvalue weighted by Gasteiger charge is 2.21. The number of ether oxygens (including phenoxy) is 1. The summed E-state index contributed by atoms with van der Waals surface area (Å²) in [5.41, 5.74) is 0.262. The van der Waals surface area contributed by atoms with Crippen LogP contribution in [0.3, 0.4) is 0 Å². The first-order valence-electron chi connectivity index (χ1n) is 8.62. The highest BCUT2D eigenvalue weighted by molar-refractivity contribution is 4.78. The van der Waals surface area contributed by atoms with Crippen molar-refractivity contribution in [3.05, 3.63) is 0 Å². The highest BCUT2D eigenvalue weighted by Crippen LogP contribution is 2.20. The molecule has 0 amide bonds. The van der Waals surface area contributed by atoms with Crippen LogP contribution in [-0.4, -0.2) is 49.3 Å². The van der Waals surface area contributed by atoms with Crippen LogP contribution in [0.25, 0.3) is 0 Å². The van der Waals surface area contributed by atoms with Crippen LogP contribution in [0.2, 0.25) is 0 Å². The predicted molar refractivity (Wildman–Crippen MR) is 85.1 cm³/mol. The standard InChI is InChI=1S/C17H34N2O/c1-17(2,3)18-14-15-8-11-19(12-9-15)10-4-6-16-7-5-13-20-16/h15-16,18H,4-14H2,1-3H3. The summed E-state index contributed by atoms with van der Waals surface area (Å²) in [6, 6.07) is 0. The van der Waals surface area contributed by atoms with Gasteiger partial charge in [-0.25, -0.2) is 0 Å². The van der Waals surface area contributed by atoms with Gasteiger partial charge in [0.2, 0.25) is 0 Å². The minimum absolute atomic E-state index is 0.262. The second kappa shape index (κ2) is 7.77. The maximum absolute atomic E-state index is 5.70. The van der Waals surface area contributed by atoms with Crippen LogP contribution in [0.1, 0.15) is 59.3 Å². The molecule has 2 saturated heterocycles. The summed E-state index contributed by atoms with van der Waals surface area (Å²) >= 11 is 0. The number of nitrogens with one attached hydrogen (secondary N) is 1. The van der Waals surface area contributed by atoms with Crippen molar-refractivity contribution in [2.75, 3.05) is 32.8 Å². The van der Waals surface area contributed by atoms with E-state index in [-0.39, 0.29) is 5.54 Å². The number of nitrogens with zero attached hydrogens (tertiary/aromatic N) is 1. The summed E-state index contributed by atoms with van der Waals surface area (Å²) in [5.74, 6) is 0.878. The Morgan fingerprint density at radius 2 is 1.90 bits per heavy atom. The lowest BCUT2D eigenvalue weighted by Gasteiger charge is -2.33. The Hall–Kier alpha value is -0.120. The maximum atomic E-state index is 5.70. The van der Waals surface area contributed by atoms with Crippen LogP contribution in [0.4, 0.5) is 0 Å². The molecular weight excluding hydrogens is 248 g/mol. The van der Waals surface area contributed by atoms with Crippen LogP contribution < -0.4 is 5.32 Å². The Balaban J connectivity index is 1.52. The smallest absolute Gasteiger partial charge is 0.0576 e. The van der Waals surface area contributed by atoms with Crippen molar-refractivity contribution < 1.29 is 4.74 Å². The molecule has 2 heterocycles. The lowest BCUT2D eigenvalue weighted by molar-refractivity contribution is 0.0958. The van der Waals surface area contributed by atoms with Gasteiger partial charge in [-0.1, -0.05) is 0 Å². The third-order valence-electron chi connectivity index (χ3n) is 4.65. The van der Waals surface area contributed by atoms with Crippen molar-refractivity contribution in [2.45, 2.75) is 70.9 Å². The van der Waals surface area contributed by atoms with Gasteiger partial charge < -0.3 is 15.0 Å². The maximum Gasteiger partial charge on any atom is 0.0576 e. The van der Waals surface area contributed by atoms with E-state index in [9.17, 15) is 0 Å². The van der Waals surface area contributed by atoms with E-state index in [2.05, 4.69) is 31.0 Å². The average molecular weight is 282 g/mol. The Morgan fingerprint density at radius 3 is 2.50 bits per heavy atom. The molecule has 20 heavy (non-hydrogen) atoms. The minimum atomic E-state index is 0.262. The zero-order valence-electron chi connectivity index (χ0n) is 13.8. The van der Waals surface area contributed by atoms with Crippen molar-refractivity contribution in [3.8, 4) is 0 Å². The Bertz CT molecular complexity index is 261. The van der Waals surface area contributed by atoms with Crippen LogP contribution in [0.15, 0.2) is 0 Å². The second-order valence-corrected chi connectivity index (χ2v) is 7.69. The highest BCUT2D eigenvalue weighted by atomic mass is 16.5. The molecule has 0 aromatic carbocycles. The lowest BCUT2D eigenvalue weighted by Crippen LogP contribution is -2.43. The third kappa shape index (κ3) is 6.11. The molecule has 0 aromatic rings. The van der Waals surface area contributed by atoms with Crippen LogP contribution in [0, 0.1) is 5.92 Å². The van der Waals surface area contributed by atoms with Crippen LogP contribution >= 0.6 is 0 Å². The van der Waals surface area contributed by atoms with Crippen molar-refractivity contribution in [2.24, 2.45) is 5.92 Å². The van der Waals surface area contributed by atoms with Gasteiger partial charge >= 0.3 is 0 Å². The Kier molecular flexibility index (Phi) is 6.31. The SMILES string of the molecule is CC(C)(C)NCC1CCN(CCCC2CCCO2)CC1. The first-order chi connectivity index (χ1) is 9.53. The number of piperidine rings is 1. The van der Waals surface area contributed by atoms with E-state index in [1.165, 1.54) is 64.7 Å². The topological polar surface area (TPSA) is 24.5 Å². The average Bonchev–Trinajstić information content (AvgIpc) is 2.90. The van der Waals surface area contributed by atoms with Gasteiger partial charge in [0.1, 0.15) is 0 Å². The zero-order valence-corrected chi connectivity index (χ0v) is 13.8. The Morgan fingerprint density at radius 1 is 1.15 bits per heavy atom. The van der Waals surface area contributed by atoms with E-state index >= 15 is 0 Å². The number of hydrogen-bond acceptors (Lipinski definition) is 3. The fourth-order valence-electron chi connectivity index (χ4n) is 3.28. The number of likely N-dealkylation sites (tertiary alicyclic amines) is 1. The van der Waals surface area contributed by atoms with Gasteiger partial charge in [-0.15, -0.1) is 0 Å². The molecule has 3 heteroatoms. The zero-order chi connectivity index (χ0) is 14.4. The molecule has 3 nitrogen and oxygen atoms in total. The fraction of sp³-hybridized carbons (Fsp3) is 1.00. The summed E-state index contributed by atoms with van der Waals surface area (Å²) in [6.45, 7) is 12.8. The van der Waals surface area contributed by atoms with Gasteiger partial charge in [0, 0.05) is 12.1 Å². The van der Waals surface area contributed by atoms with E-state index in [1.807, 2.05) is 0 Å². The van der Waals surface area contributed by atoms with Crippen LogP contribution in [-0.2, 0) is 4.74 Å². The van der Waals surface area contributed by atoms with E-state index in [4.69, 9.17) is 4.74 Å². The number of rotatable bonds is 6. The molecule has 2 aliphatic heterocycles. The molecule has 0 saturated carbocycles. The van der Waals surface area contributed by atoms with Crippen LogP contribution in [0.5, 0.6) is 0 Å². The molecule has 0 bridgehead atoms. The summed E-state index contributed by atoms with van der Waals surface area (Å²) < 4.78 is 5.70. The van der Waals surface area contributed by atoms with Crippen molar-refractivity contribution in [1.82, 2.24) is 10.2 Å². The molecule has 0 aromatic heterocycles. The molecule has 1 N–H and O–H groups in total. The molecule has 2 aliphatic rings. The van der Waals surface area contributed by atoms with E-state index in [1.54, 1.807) is 0 Å². The van der Waals surface area contributed by atoms with Crippen molar-refractivity contribution in [1.29, 1.82) is 0 Å². The molecule has 1 atom stereocenters. The monoisotopic (exact) mass is 282 g/mol. The molecular formula is C17H34N2O. The quantitative estimate of drug-likeness (QED) is 0.810. The molecule has 1 unspecified atom stereocenters. The molecule has 0 radical (unpaired) electrons. The van der Waals surface area contributed by atoms with Gasteiger partial charge in [0.05, 0.1) is 6.10 Å². The summed E-state index contributed by atoms with van der Waals surface area (Å²) in [4.78, 5) is 2.66. The summed E-state index contributed by atoms with van der Waals surface area (Å²) in [7, 11) is 0. The summed E-state index contributed by atoms with van der Waals surface area (Å²) in [5, 5.41) is 3.65. The number of hydrogen-bond donors (Lipinski definition) is 1. The van der Waals surface area contributed by atoms with Crippen molar-refractivity contribution >= 4 is 0 Å². The van der Waals surface area contributed by atoms with E-state index in [0.29, 0.717) is 6.10 Å². The predicted octanol–water partition coefficient (Wildman–Crippen LogP) is 3.05.